The van der Waals surface area contributed by atoms with Gasteiger partial charge < -0.3 is 0 Å². The number of anilines is 1. The standard InChI is InChI=1S/C24H39N3O2S2/c1-4-5-6-7-8-9-10-11-12-13-14-21-15-17-22(18-16-21)31(28,29)27-24-26-25-23(30-24)19-20(2)3/h15-18,20H,4-14,19H2,1-3H3,(H,26,27). The van der Waals surface area contributed by atoms with Crippen molar-refractivity contribution in [3.63, 3.8) is 0 Å². The highest BCUT2D eigenvalue weighted by Gasteiger charge is 2.17. The van der Waals surface area contributed by atoms with Crippen molar-refractivity contribution in [3.8, 4) is 0 Å². The van der Waals surface area contributed by atoms with Crippen LogP contribution in [0.4, 0.5) is 5.13 Å². The first-order valence-electron chi connectivity index (χ1n) is 11.8. The summed E-state index contributed by atoms with van der Waals surface area (Å²) in [6.45, 7) is 6.46. The van der Waals surface area contributed by atoms with Gasteiger partial charge in [0.15, 0.2) is 0 Å². The summed E-state index contributed by atoms with van der Waals surface area (Å²) in [5, 5.41) is 9.20. The maximum atomic E-state index is 12.6. The van der Waals surface area contributed by atoms with E-state index in [1.165, 1.54) is 74.7 Å². The molecule has 0 spiro atoms. The molecule has 2 rings (SSSR count). The van der Waals surface area contributed by atoms with Crippen LogP contribution in [0.1, 0.15) is 95.6 Å². The minimum atomic E-state index is -3.63. The molecule has 1 aromatic carbocycles. The zero-order valence-corrected chi connectivity index (χ0v) is 21.0. The molecule has 174 valence electrons. The van der Waals surface area contributed by atoms with Crippen molar-refractivity contribution in [3.05, 3.63) is 34.8 Å². The fraction of sp³-hybridized carbons (Fsp3) is 0.667. The fourth-order valence-electron chi connectivity index (χ4n) is 3.55. The van der Waals surface area contributed by atoms with Gasteiger partial charge in [-0.05, 0) is 36.5 Å². The predicted octanol–water partition coefficient (Wildman–Crippen LogP) is 7.00. The Labute approximate surface area is 193 Å². The van der Waals surface area contributed by atoms with Gasteiger partial charge in [-0.1, -0.05) is 102 Å². The molecule has 0 saturated carbocycles. The van der Waals surface area contributed by atoms with Gasteiger partial charge in [0.1, 0.15) is 5.01 Å². The molecule has 1 N–H and O–H groups in total. The van der Waals surface area contributed by atoms with Gasteiger partial charge in [0.2, 0.25) is 5.13 Å². The summed E-state index contributed by atoms with van der Waals surface area (Å²) in [6.07, 6.45) is 15.0. The van der Waals surface area contributed by atoms with Crippen LogP contribution in [0.5, 0.6) is 0 Å². The lowest BCUT2D eigenvalue weighted by molar-refractivity contribution is 0.556. The number of rotatable bonds is 16. The van der Waals surface area contributed by atoms with E-state index >= 15 is 0 Å². The molecule has 0 radical (unpaired) electrons. The number of benzene rings is 1. The molecule has 31 heavy (non-hydrogen) atoms. The smallest absolute Gasteiger partial charge is 0.253 e. The molecule has 0 aliphatic rings. The Balaban J connectivity index is 1.70. The van der Waals surface area contributed by atoms with Crippen LogP contribution in [0.3, 0.4) is 0 Å². The Morgan fingerprint density at radius 3 is 2.03 bits per heavy atom. The molecule has 5 nitrogen and oxygen atoms in total. The van der Waals surface area contributed by atoms with E-state index in [9.17, 15) is 8.42 Å². The van der Waals surface area contributed by atoms with Gasteiger partial charge in [0, 0.05) is 6.42 Å². The molecule has 0 unspecified atom stereocenters. The number of hydrogen-bond donors (Lipinski definition) is 1. The summed E-state index contributed by atoms with van der Waals surface area (Å²) in [6, 6.07) is 7.22. The minimum absolute atomic E-state index is 0.264. The maximum absolute atomic E-state index is 12.6. The van der Waals surface area contributed by atoms with Gasteiger partial charge in [-0.3, -0.25) is 4.72 Å². The van der Waals surface area contributed by atoms with Crippen LogP contribution in [0.2, 0.25) is 0 Å². The Morgan fingerprint density at radius 2 is 1.45 bits per heavy atom. The van der Waals surface area contributed by atoms with E-state index in [1.807, 2.05) is 12.1 Å². The van der Waals surface area contributed by atoms with Crippen molar-refractivity contribution < 1.29 is 8.42 Å². The summed E-state index contributed by atoms with van der Waals surface area (Å²) in [5.74, 6) is 0.459. The van der Waals surface area contributed by atoms with E-state index < -0.39 is 10.0 Å². The van der Waals surface area contributed by atoms with Gasteiger partial charge >= 0.3 is 0 Å². The fourth-order valence-corrected chi connectivity index (χ4v) is 5.73. The molecule has 1 heterocycles. The molecule has 0 atom stereocenters. The van der Waals surface area contributed by atoms with E-state index in [0.717, 1.165) is 24.3 Å². The third kappa shape index (κ3) is 10.1. The van der Waals surface area contributed by atoms with E-state index in [1.54, 1.807) is 12.1 Å². The highest BCUT2D eigenvalue weighted by molar-refractivity contribution is 7.93. The predicted molar refractivity (Wildman–Crippen MR) is 131 cm³/mol. The van der Waals surface area contributed by atoms with E-state index in [4.69, 9.17) is 0 Å². The van der Waals surface area contributed by atoms with Crippen LogP contribution < -0.4 is 4.72 Å². The van der Waals surface area contributed by atoms with Crippen LogP contribution in [0, 0.1) is 5.92 Å². The van der Waals surface area contributed by atoms with Crippen molar-refractivity contribution in [2.24, 2.45) is 5.92 Å². The first-order valence-corrected chi connectivity index (χ1v) is 14.1. The lowest BCUT2D eigenvalue weighted by Crippen LogP contribution is -2.12. The zero-order valence-electron chi connectivity index (χ0n) is 19.4. The van der Waals surface area contributed by atoms with Crippen molar-refractivity contribution in [2.75, 3.05) is 4.72 Å². The SMILES string of the molecule is CCCCCCCCCCCCc1ccc(S(=O)(=O)Nc2nnc(CC(C)C)s2)cc1. The van der Waals surface area contributed by atoms with Crippen LogP contribution in [0.15, 0.2) is 29.2 Å². The molecule has 0 aliphatic carbocycles. The first kappa shape index (κ1) is 25.8. The summed E-state index contributed by atoms with van der Waals surface area (Å²) in [7, 11) is -3.63. The normalized spacial score (nSPS) is 11.9. The summed E-state index contributed by atoms with van der Waals surface area (Å²) >= 11 is 1.30. The number of sulfonamides is 1. The quantitative estimate of drug-likeness (QED) is 0.271. The van der Waals surface area contributed by atoms with Crippen LogP contribution in [-0.4, -0.2) is 18.6 Å². The van der Waals surface area contributed by atoms with Gasteiger partial charge in [-0.25, -0.2) is 8.42 Å². The van der Waals surface area contributed by atoms with Crippen molar-refractivity contribution in [1.82, 2.24) is 10.2 Å². The number of nitrogens with one attached hydrogen (secondary N) is 1. The van der Waals surface area contributed by atoms with Crippen LogP contribution >= 0.6 is 11.3 Å². The first-order chi connectivity index (χ1) is 14.9. The van der Waals surface area contributed by atoms with Crippen molar-refractivity contribution in [2.45, 2.75) is 103 Å². The van der Waals surface area contributed by atoms with Gasteiger partial charge in [0.05, 0.1) is 4.90 Å². The van der Waals surface area contributed by atoms with Crippen molar-refractivity contribution >= 4 is 26.5 Å². The van der Waals surface area contributed by atoms with Gasteiger partial charge in [-0.2, -0.15) is 0 Å². The average Bonchev–Trinajstić information content (AvgIpc) is 3.15. The number of aromatic nitrogens is 2. The molecule has 0 amide bonds. The summed E-state index contributed by atoms with van der Waals surface area (Å²) in [5.41, 5.74) is 1.19. The maximum Gasteiger partial charge on any atom is 0.263 e. The second-order valence-electron chi connectivity index (χ2n) is 8.78. The topological polar surface area (TPSA) is 72.0 Å². The number of unbranched alkanes of at least 4 members (excludes halogenated alkanes) is 9. The molecular weight excluding hydrogens is 426 g/mol. The average molecular weight is 466 g/mol. The van der Waals surface area contributed by atoms with Crippen LogP contribution in [-0.2, 0) is 22.9 Å². The third-order valence-electron chi connectivity index (χ3n) is 5.32. The van der Waals surface area contributed by atoms with Crippen LogP contribution in [0.25, 0.3) is 0 Å². The molecule has 1 aromatic heterocycles. The molecule has 0 fully saturated rings. The molecule has 0 bridgehead atoms. The number of nitrogens with zero attached hydrogens (tertiary/aromatic N) is 2. The van der Waals surface area contributed by atoms with Gasteiger partial charge in [0.25, 0.3) is 10.0 Å². The molecule has 2 aromatic rings. The van der Waals surface area contributed by atoms with Crippen molar-refractivity contribution in [1.29, 1.82) is 0 Å². The second-order valence-corrected chi connectivity index (χ2v) is 11.5. The minimum Gasteiger partial charge on any atom is -0.253 e. The summed E-state index contributed by atoms with van der Waals surface area (Å²) in [4.78, 5) is 0.264. The van der Waals surface area contributed by atoms with E-state index in [-0.39, 0.29) is 4.90 Å². The highest BCUT2D eigenvalue weighted by atomic mass is 32.2. The Hall–Kier alpha value is -1.47. The molecule has 0 aliphatic heterocycles. The van der Waals surface area contributed by atoms with Gasteiger partial charge in [-0.15, -0.1) is 10.2 Å². The molecular formula is C24H39N3O2S2. The van der Waals surface area contributed by atoms with E-state index in [0.29, 0.717) is 11.0 Å². The lowest BCUT2D eigenvalue weighted by Gasteiger charge is -2.07. The number of aryl methyl sites for hydroxylation is 1. The number of hydrogen-bond acceptors (Lipinski definition) is 5. The summed E-state index contributed by atoms with van der Waals surface area (Å²) < 4.78 is 27.8. The third-order valence-corrected chi connectivity index (χ3v) is 7.67. The Morgan fingerprint density at radius 1 is 0.871 bits per heavy atom. The largest absolute Gasteiger partial charge is 0.263 e. The second kappa shape index (κ2) is 13.8. The van der Waals surface area contributed by atoms with E-state index in [2.05, 4.69) is 35.7 Å². The Kier molecular flexibility index (Phi) is 11.5. The Bertz CT molecular complexity index is 846. The highest BCUT2D eigenvalue weighted by Crippen LogP contribution is 2.22. The monoisotopic (exact) mass is 465 g/mol. The lowest BCUT2D eigenvalue weighted by atomic mass is 10.0. The molecule has 0 saturated heterocycles. The zero-order chi connectivity index (χ0) is 22.5. The molecule has 7 heteroatoms.